The highest BCUT2D eigenvalue weighted by Crippen LogP contribution is 2.27. The monoisotopic (exact) mass is 449 g/mol. The van der Waals surface area contributed by atoms with Gasteiger partial charge in [-0.05, 0) is 38.3 Å². The SMILES string of the molecule is CCCCCCCCCCCCCCCCCCCCCCN(CC)C1CCCC(C)C1. The van der Waals surface area contributed by atoms with Crippen molar-refractivity contribution < 1.29 is 0 Å². The lowest BCUT2D eigenvalue weighted by molar-refractivity contribution is 0.138. The molecule has 0 amide bonds. The Kier molecular flexibility index (Phi) is 21.3. The maximum absolute atomic E-state index is 2.80. The fraction of sp³-hybridized carbons (Fsp3) is 1.00. The summed E-state index contributed by atoms with van der Waals surface area (Å²) in [6.07, 6.45) is 35.3. The van der Waals surface area contributed by atoms with Gasteiger partial charge >= 0.3 is 0 Å². The Hall–Kier alpha value is -0.0400. The minimum absolute atomic E-state index is 0.893. The average Bonchev–Trinajstić information content (AvgIpc) is 2.80. The zero-order valence-electron chi connectivity index (χ0n) is 23.0. The van der Waals surface area contributed by atoms with Gasteiger partial charge in [-0.15, -0.1) is 0 Å². The van der Waals surface area contributed by atoms with Crippen molar-refractivity contribution in [2.24, 2.45) is 5.92 Å². The number of hydrogen-bond donors (Lipinski definition) is 0. The lowest BCUT2D eigenvalue weighted by Crippen LogP contribution is -2.39. The molecule has 1 aliphatic carbocycles. The molecule has 1 saturated carbocycles. The van der Waals surface area contributed by atoms with E-state index in [0.29, 0.717) is 0 Å². The van der Waals surface area contributed by atoms with Crippen LogP contribution in [0.2, 0.25) is 0 Å². The minimum atomic E-state index is 0.893. The van der Waals surface area contributed by atoms with Crippen molar-refractivity contribution in [3.63, 3.8) is 0 Å². The van der Waals surface area contributed by atoms with Crippen molar-refractivity contribution in [3.8, 4) is 0 Å². The Morgan fingerprint density at radius 2 is 0.938 bits per heavy atom. The van der Waals surface area contributed by atoms with Crippen LogP contribution in [0.5, 0.6) is 0 Å². The van der Waals surface area contributed by atoms with E-state index in [1.165, 1.54) is 167 Å². The molecule has 0 spiro atoms. The van der Waals surface area contributed by atoms with Crippen LogP contribution in [0.3, 0.4) is 0 Å². The highest BCUT2D eigenvalue weighted by Gasteiger charge is 2.23. The molecule has 1 aliphatic rings. The van der Waals surface area contributed by atoms with Crippen molar-refractivity contribution in [2.75, 3.05) is 13.1 Å². The van der Waals surface area contributed by atoms with E-state index in [1.807, 2.05) is 0 Å². The number of rotatable bonds is 23. The first-order valence-corrected chi connectivity index (χ1v) is 15.5. The Morgan fingerprint density at radius 3 is 1.31 bits per heavy atom. The number of unbranched alkanes of at least 4 members (excludes halogenated alkanes) is 19. The second-order valence-corrected chi connectivity index (χ2v) is 11.3. The first kappa shape index (κ1) is 30.0. The van der Waals surface area contributed by atoms with Crippen molar-refractivity contribution in [3.05, 3.63) is 0 Å². The quantitative estimate of drug-likeness (QED) is 0.140. The summed E-state index contributed by atoms with van der Waals surface area (Å²) in [5, 5.41) is 0. The fourth-order valence-electron chi connectivity index (χ4n) is 5.90. The molecular weight excluding hydrogens is 386 g/mol. The topological polar surface area (TPSA) is 3.24 Å². The molecule has 0 aromatic carbocycles. The molecule has 0 aromatic heterocycles. The van der Waals surface area contributed by atoms with Crippen molar-refractivity contribution in [1.82, 2.24) is 4.90 Å². The molecule has 0 saturated heterocycles. The third-order valence-corrected chi connectivity index (χ3v) is 8.13. The molecule has 2 atom stereocenters. The number of nitrogens with zero attached hydrogens (tertiary/aromatic N) is 1. The maximum atomic E-state index is 2.80. The summed E-state index contributed by atoms with van der Waals surface area (Å²) >= 11 is 0. The van der Waals surface area contributed by atoms with Gasteiger partial charge in [-0.25, -0.2) is 0 Å². The van der Waals surface area contributed by atoms with E-state index in [2.05, 4.69) is 25.7 Å². The van der Waals surface area contributed by atoms with E-state index in [4.69, 9.17) is 0 Å². The summed E-state index contributed by atoms with van der Waals surface area (Å²) in [4.78, 5) is 2.80. The van der Waals surface area contributed by atoms with E-state index in [9.17, 15) is 0 Å². The van der Waals surface area contributed by atoms with Crippen LogP contribution in [-0.4, -0.2) is 24.0 Å². The fourth-order valence-corrected chi connectivity index (χ4v) is 5.90. The Bertz CT molecular complexity index is 365. The van der Waals surface area contributed by atoms with E-state index >= 15 is 0 Å². The van der Waals surface area contributed by atoms with Crippen LogP contribution >= 0.6 is 0 Å². The van der Waals surface area contributed by atoms with Gasteiger partial charge in [0.25, 0.3) is 0 Å². The Morgan fingerprint density at radius 1 is 0.531 bits per heavy atom. The molecule has 192 valence electrons. The van der Waals surface area contributed by atoms with E-state index in [1.54, 1.807) is 0 Å². The van der Waals surface area contributed by atoms with Crippen LogP contribution in [0.25, 0.3) is 0 Å². The summed E-state index contributed by atoms with van der Waals surface area (Å²) in [6.45, 7) is 9.75. The second-order valence-electron chi connectivity index (χ2n) is 11.3. The zero-order chi connectivity index (χ0) is 23.1. The third-order valence-electron chi connectivity index (χ3n) is 8.13. The molecule has 0 N–H and O–H groups in total. The van der Waals surface area contributed by atoms with E-state index in [-0.39, 0.29) is 0 Å². The summed E-state index contributed by atoms with van der Waals surface area (Å²) in [7, 11) is 0. The second kappa shape index (κ2) is 22.7. The summed E-state index contributed by atoms with van der Waals surface area (Å²) in [5.74, 6) is 0.956. The van der Waals surface area contributed by atoms with Crippen LogP contribution in [0.1, 0.15) is 175 Å². The average molecular weight is 450 g/mol. The lowest BCUT2D eigenvalue weighted by Gasteiger charge is -2.36. The normalized spacial score (nSPS) is 19.1. The van der Waals surface area contributed by atoms with Crippen molar-refractivity contribution >= 4 is 0 Å². The molecule has 2 unspecified atom stereocenters. The van der Waals surface area contributed by atoms with Gasteiger partial charge < -0.3 is 4.90 Å². The van der Waals surface area contributed by atoms with Gasteiger partial charge in [0.05, 0.1) is 0 Å². The highest BCUT2D eigenvalue weighted by atomic mass is 15.1. The van der Waals surface area contributed by atoms with E-state index in [0.717, 1.165) is 12.0 Å². The van der Waals surface area contributed by atoms with Gasteiger partial charge in [0, 0.05) is 6.04 Å². The highest BCUT2D eigenvalue weighted by molar-refractivity contribution is 4.78. The number of hydrogen-bond acceptors (Lipinski definition) is 1. The van der Waals surface area contributed by atoms with Crippen LogP contribution in [0.15, 0.2) is 0 Å². The molecule has 0 heterocycles. The molecule has 0 aromatic rings. The molecule has 32 heavy (non-hydrogen) atoms. The molecule has 0 radical (unpaired) electrons. The predicted octanol–water partition coefficient (Wildman–Crippen LogP) is 10.7. The minimum Gasteiger partial charge on any atom is -0.301 e. The van der Waals surface area contributed by atoms with Crippen LogP contribution in [0, 0.1) is 5.92 Å². The van der Waals surface area contributed by atoms with Gasteiger partial charge in [0.2, 0.25) is 0 Å². The van der Waals surface area contributed by atoms with Crippen molar-refractivity contribution in [2.45, 2.75) is 181 Å². The molecular formula is C31H63N. The van der Waals surface area contributed by atoms with Crippen LogP contribution in [-0.2, 0) is 0 Å². The molecule has 1 heteroatoms. The largest absolute Gasteiger partial charge is 0.301 e. The Labute approximate surface area is 204 Å². The van der Waals surface area contributed by atoms with Gasteiger partial charge in [-0.1, -0.05) is 156 Å². The summed E-state index contributed by atoms with van der Waals surface area (Å²) in [5.41, 5.74) is 0. The molecule has 1 fully saturated rings. The first-order chi connectivity index (χ1) is 15.8. The van der Waals surface area contributed by atoms with Gasteiger partial charge in [-0.3, -0.25) is 0 Å². The standard InChI is InChI=1S/C31H63N/c1-4-6-7-8-9-10-11-12-13-14-15-16-17-18-19-20-21-22-23-24-28-32(5-2)31-27-25-26-30(3)29-31/h30-31H,4-29H2,1-3H3. The smallest absolute Gasteiger partial charge is 0.00976 e. The van der Waals surface area contributed by atoms with E-state index < -0.39 is 0 Å². The lowest BCUT2D eigenvalue weighted by atomic mass is 9.86. The zero-order valence-corrected chi connectivity index (χ0v) is 23.0. The van der Waals surface area contributed by atoms with Crippen molar-refractivity contribution in [1.29, 1.82) is 0 Å². The van der Waals surface area contributed by atoms with Gasteiger partial charge in [-0.2, -0.15) is 0 Å². The van der Waals surface area contributed by atoms with Crippen LogP contribution < -0.4 is 0 Å². The Balaban J connectivity index is 1.75. The molecule has 0 bridgehead atoms. The predicted molar refractivity (Wildman–Crippen MR) is 147 cm³/mol. The molecule has 1 nitrogen and oxygen atoms in total. The first-order valence-electron chi connectivity index (χ1n) is 15.5. The van der Waals surface area contributed by atoms with Gasteiger partial charge in [0.1, 0.15) is 0 Å². The van der Waals surface area contributed by atoms with Crippen LogP contribution in [0.4, 0.5) is 0 Å². The third kappa shape index (κ3) is 17.4. The summed E-state index contributed by atoms with van der Waals surface area (Å²) < 4.78 is 0. The molecule has 0 aliphatic heterocycles. The molecule has 1 rings (SSSR count). The summed E-state index contributed by atoms with van der Waals surface area (Å²) in [6, 6.07) is 0.893. The van der Waals surface area contributed by atoms with Gasteiger partial charge in [0.15, 0.2) is 0 Å². The maximum Gasteiger partial charge on any atom is 0.00976 e.